The van der Waals surface area contributed by atoms with E-state index in [1.165, 1.54) is 25.7 Å². The number of hydrogen-bond acceptors (Lipinski definition) is 1. The largest absolute Gasteiger partial charge is 0.312 e. The molecule has 1 atom stereocenters. The number of rotatable bonds is 7. The van der Waals surface area contributed by atoms with Crippen LogP contribution in [0.15, 0.2) is 0 Å². The minimum Gasteiger partial charge on any atom is -0.312 e. The normalized spacial score (nSPS) is 16.5. The maximum absolute atomic E-state index is 3.67. The molecular formula is C15H33N. The van der Waals surface area contributed by atoms with Gasteiger partial charge in [-0.15, -0.1) is 0 Å². The summed E-state index contributed by atoms with van der Waals surface area (Å²) in [6.07, 6.45) is 5.41. The molecule has 0 aliphatic carbocycles. The molecular weight excluding hydrogens is 194 g/mol. The van der Waals surface area contributed by atoms with Gasteiger partial charge in [0.25, 0.3) is 0 Å². The van der Waals surface area contributed by atoms with E-state index in [9.17, 15) is 0 Å². The van der Waals surface area contributed by atoms with Crippen molar-refractivity contribution in [1.29, 1.82) is 0 Å². The summed E-state index contributed by atoms with van der Waals surface area (Å²) in [7, 11) is 0. The van der Waals surface area contributed by atoms with Gasteiger partial charge in [-0.2, -0.15) is 0 Å². The Bertz CT molecular complexity index is 178. The molecule has 1 N–H and O–H groups in total. The van der Waals surface area contributed by atoms with Crippen molar-refractivity contribution >= 4 is 0 Å². The number of hydrogen-bond donors (Lipinski definition) is 1. The highest BCUT2D eigenvalue weighted by Crippen LogP contribution is 2.32. The van der Waals surface area contributed by atoms with Crippen molar-refractivity contribution in [2.45, 2.75) is 79.7 Å². The molecule has 98 valence electrons. The lowest BCUT2D eigenvalue weighted by molar-refractivity contribution is 0.168. The molecule has 1 heteroatoms. The lowest BCUT2D eigenvalue weighted by Gasteiger charge is -2.37. The van der Waals surface area contributed by atoms with E-state index in [0.717, 1.165) is 12.5 Å². The summed E-state index contributed by atoms with van der Waals surface area (Å²) in [5.41, 5.74) is 0.684. The first-order valence-electron chi connectivity index (χ1n) is 6.96. The Balaban J connectivity index is 4.22. The molecule has 1 nitrogen and oxygen atoms in total. The third kappa shape index (κ3) is 6.52. The summed E-state index contributed by atoms with van der Waals surface area (Å²) >= 11 is 0. The Morgan fingerprint density at radius 1 is 1.00 bits per heavy atom. The Kier molecular flexibility index (Phi) is 6.62. The molecule has 0 amide bonds. The van der Waals surface area contributed by atoms with Gasteiger partial charge >= 0.3 is 0 Å². The van der Waals surface area contributed by atoms with E-state index in [-0.39, 0.29) is 5.54 Å². The van der Waals surface area contributed by atoms with Crippen LogP contribution in [0.25, 0.3) is 0 Å². The van der Waals surface area contributed by atoms with Crippen LogP contribution in [-0.4, -0.2) is 12.1 Å². The van der Waals surface area contributed by atoms with E-state index < -0.39 is 0 Å². The average molecular weight is 227 g/mol. The van der Waals surface area contributed by atoms with Gasteiger partial charge in [0, 0.05) is 12.1 Å². The van der Waals surface area contributed by atoms with E-state index >= 15 is 0 Å². The molecule has 0 rings (SSSR count). The van der Waals surface area contributed by atoms with Crippen molar-refractivity contribution < 1.29 is 0 Å². The minimum atomic E-state index is 0.237. The predicted octanol–water partition coefficient (Wildman–Crippen LogP) is 4.62. The predicted molar refractivity (Wildman–Crippen MR) is 74.8 cm³/mol. The van der Waals surface area contributed by atoms with E-state index in [1.54, 1.807) is 0 Å². The summed E-state index contributed by atoms with van der Waals surface area (Å²) in [6, 6.07) is 0. The standard InChI is InChI=1S/C15H33N/c1-8-9-10-11-15(7,13(2)3)12-16-14(4,5)6/h13,16H,8-12H2,1-7H3. The zero-order chi connectivity index (χ0) is 12.8. The molecule has 0 heterocycles. The van der Waals surface area contributed by atoms with Gasteiger partial charge in [0.15, 0.2) is 0 Å². The van der Waals surface area contributed by atoms with Crippen molar-refractivity contribution in [1.82, 2.24) is 5.32 Å². The second-order valence-electron chi connectivity index (χ2n) is 6.87. The minimum absolute atomic E-state index is 0.237. The average Bonchev–Trinajstić information content (AvgIpc) is 2.14. The molecule has 0 bridgehead atoms. The summed E-state index contributed by atoms with van der Waals surface area (Å²) < 4.78 is 0. The summed E-state index contributed by atoms with van der Waals surface area (Å²) in [5.74, 6) is 0.749. The molecule has 0 saturated heterocycles. The summed E-state index contributed by atoms with van der Waals surface area (Å²) in [5, 5.41) is 3.67. The maximum atomic E-state index is 3.67. The van der Waals surface area contributed by atoms with Crippen LogP contribution >= 0.6 is 0 Å². The van der Waals surface area contributed by atoms with Gasteiger partial charge in [0.2, 0.25) is 0 Å². The van der Waals surface area contributed by atoms with Crippen LogP contribution in [0.3, 0.4) is 0 Å². The molecule has 0 saturated carbocycles. The zero-order valence-corrected chi connectivity index (χ0v) is 12.6. The molecule has 0 aliphatic rings. The maximum Gasteiger partial charge on any atom is 0.00967 e. The van der Waals surface area contributed by atoms with Crippen LogP contribution < -0.4 is 5.32 Å². The van der Waals surface area contributed by atoms with Gasteiger partial charge in [0.05, 0.1) is 0 Å². The van der Waals surface area contributed by atoms with Crippen molar-refractivity contribution in [3.8, 4) is 0 Å². The monoisotopic (exact) mass is 227 g/mol. The third-order valence-corrected chi connectivity index (χ3v) is 3.77. The van der Waals surface area contributed by atoms with Gasteiger partial charge in [-0.25, -0.2) is 0 Å². The highest BCUT2D eigenvalue weighted by molar-refractivity contribution is 4.83. The summed E-state index contributed by atoms with van der Waals surface area (Å²) in [4.78, 5) is 0. The smallest absolute Gasteiger partial charge is 0.00967 e. The fourth-order valence-electron chi connectivity index (χ4n) is 1.83. The van der Waals surface area contributed by atoms with Crippen LogP contribution in [0.5, 0.6) is 0 Å². The lowest BCUT2D eigenvalue weighted by atomic mass is 9.74. The number of unbranched alkanes of at least 4 members (excludes halogenated alkanes) is 2. The zero-order valence-electron chi connectivity index (χ0n) is 12.6. The first-order valence-corrected chi connectivity index (χ1v) is 6.96. The van der Waals surface area contributed by atoms with Crippen LogP contribution in [0.2, 0.25) is 0 Å². The van der Waals surface area contributed by atoms with Crippen LogP contribution in [0.1, 0.15) is 74.1 Å². The van der Waals surface area contributed by atoms with Crippen molar-refractivity contribution in [3.63, 3.8) is 0 Å². The van der Waals surface area contributed by atoms with Gasteiger partial charge in [-0.3, -0.25) is 0 Å². The summed E-state index contributed by atoms with van der Waals surface area (Å²) in [6.45, 7) is 17.3. The van der Waals surface area contributed by atoms with Gasteiger partial charge < -0.3 is 5.32 Å². The Labute approximate surface area is 103 Å². The molecule has 0 radical (unpaired) electrons. The van der Waals surface area contributed by atoms with E-state index in [1.807, 2.05) is 0 Å². The SMILES string of the molecule is CCCCCC(C)(CNC(C)(C)C)C(C)C. The van der Waals surface area contributed by atoms with Crippen molar-refractivity contribution in [3.05, 3.63) is 0 Å². The molecule has 1 unspecified atom stereocenters. The lowest BCUT2D eigenvalue weighted by Crippen LogP contribution is -2.44. The molecule has 0 aromatic carbocycles. The highest BCUT2D eigenvalue weighted by atomic mass is 15.0. The van der Waals surface area contributed by atoms with Crippen LogP contribution in [0, 0.1) is 11.3 Å². The number of nitrogens with one attached hydrogen (secondary N) is 1. The molecule has 0 fully saturated rings. The first-order chi connectivity index (χ1) is 7.21. The fourth-order valence-corrected chi connectivity index (χ4v) is 1.83. The second-order valence-corrected chi connectivity index (χ2v) is 6.87. The Hall–Kier alpha value is -0.0400. The quantitative estimate of drug-likeness (QED) is 0.626. The molecule has 0 spiro atoms. The van der Waals surface area contributed by atoms with Crippen LogP contribution in [-0.2, 0) is 0 Å². The van der Waals surface area contributed by atoms with E-state index in [0.29, 0.717) is 5.41 Å². The molecule has 0 aromatic rings. The Morgan fingerprint density at radius 2 is 1.56 bits per heavy atom. The van der Waals surface area contributed by atoms with E-state index in [4.69, 9.17) is 0 Å². The highest BCUT2D eigenvalue weighted by Gasteiger charge is 2.28. The molecule has 0 aliphatic heterocycles. The van der Waals surface area contributed by atoms with Crippen molar-refractivity contribution in [2.75, 3.05) is 6.54 Å². The van der Waals surface area contributed by atoms with E-state index in [2.05, 4.69) is 53.8 Å². The Morgan fingerprint density at radius 3 is 1.94 bits per heavy atom. The van der Waals surface area contributed by atoms with Crippen molar-refractivity contribution in [2.24, 2.45) is 11.3 Å². The van der Waals surface area contributed by atoms with Gasteiger partial charge in [-0.1, -0.05) is 47.0 Å². The van der Waals surface area contributed by atoms with Crippen LogP contribution in [0.4, 0.5) is 0 Å². The first kappa shape index (κ1) is 16.0. The third-order valence-electron chi connectivity index (χ3n) is 3.77. The second kappa shape index (κ2) is 6.64. The molecule has 16 heavy (non-hydrogen) atoms. The fraction of sp³-hybridized carbons (Fsp3) is 1.00. The van der Waals surface area contributed by atoms with Gasteiger partial charge in [0.1, 0.15) is 0 Å². The molecule has 0 aromatic heterocycles. The topological polar surface area (TPSA) is 12.0 Å². The van der Waals surface area contributed by atoms with Gasteiger partial charge in [-0.05, 0) is 38.5 Å².